The normalized spacial score (nSPS) is 22.2. The van der Waals surface area contributed by atoms with Crippen LogP contribution in [0.25, 0.3) is 11.1 Å². The number of rotatable bonds is 1. The van der Waals surface area contributed by atoms with Crippen molar-refractivity contribution in [1.82, 2.24) is 4.98 Å². The zero-order chi connectivity index (χ0) is 16.7. The van der Waals surface area contributed by atoms with Gasteiger partial charge < -0.3 is 4.42 Å². The highest BCUT2D eigenvalue weighted by molar-refractivity contribution is 6.13. The van der Waals surface area contributed by atoms with Crippen molar-refractivity contribution >= 4 is 28.8 Å². The van der Waals surface area contributed by atoms with Crippen LogP contribution < -0.4 is 5.32 Å². The number of nitrogens with one attached hydrogen (secondary N) is 1. The van der Waals surface area contributed by atoms with Crippen molar-refractivity contribution in [2.75, 3.05) is 5.32 Å². The molecule has 2 heterocycles. The predicted octanol–water partition coefficient (Wildman–Crippen LogP) is 4.86. The maximum Gasteiger partial charge on any atom is 0.302 e. The van der Waals surface area contributed by atoms with Gasteiger partial charge in [0, 0.05) is 5.71 Å². The number of aromatic nitrogens is 1. The molecule has 1 N–H and O–H groups in total. The molecule has 1 spiro atoms. The molecule has 5 heteroatoms. The number of benzene rings is 1. The van der Waals surface area contributed by atoms with E-state index in [2.05, 4.69) is 16.4 Å². The van der Waals surface area contributed by atoms with E-state index in [0.29, 0.717) is 12.0 Å². The van der Waals surface area contributed by atoms with Crippen molar-refractivity contribution in [1.29, 1.82) is 0 Å². The molecule has 128 valence electrons. The molecule has 0 atom stereocenters. The smallest absolute Gasteiger partial charge is 0.302 e. The van der Waals surface area contributed by atoms with E-state index in [0.717, 1.165) is 36.8 Å². The second-order valence-electron chi connectivity index (χ2n) is 7.21. The fourth-order valence-electron chi connectivity index (χ4n) is 4.35. The zero-order valence-electron chi connectivity index (χ0n) is 14.3. The van der Waals surface area contributed by atoms with E-state index in [1.807, 2.05) is 24.3 Å². The predicted molar refractivity (Wildman–Crippen MR) is 100 cm³/mol. The molecule has 5 rings (SSSR count). The summed E-state index contributed by atoms with van der Waals surface area (Å²) in [5, 5.41) is 3.23. The summed E-state index contributed by atoms with van der Waals surface area (Å²) in [7, 11) is 0. The number of para-hydroxylation sites is 2. The SMILES string of the molecule is C1=C2C(=NC(Nc3nc4ccccc4o3)=NC23CCCCC3)CCC1. The first-order chi connectivity index (χ1) is 12.3. The lowest BCUT2D eigenvalue weighted by Gasteiger charge is -2.40. The summed E-state index contributed by atoms with van der Waals surface area (Å²) in [5.41, 5.74) is 4.15. The van der Waals surface area contributed by atoms with Crippen molar-refractivity contribution in [3.63, 3.8) is 0 Å². The minimum Gasteiger partial charge on any atom is -0.423 e. The van der Waals surface area contributed by atoms with Gasteiger partial charge in [-0.1, -0.05) is 37.5 Å². The molecule has 2 aromatic rings. The zero-order valence-corrected chi connectivity index (χ0v) is 14.3. The molecule has 1 aliphatic heterocycles. The molecule has 0 unspecified atom stereocenters. The van der Waals surface area contributed by atoms with Gasteiger partial charge in [0.25, 0.3) is 0 Å². The fourth-order valence-corrected chi connectivity index (χ4v) is 4.35. The lowest BCUT2D eigenvalue weighted by atomic mass is 9.72. The highest BCUT2D eigenvalue weighted by atomic mass is 16.4. The summed E-state index contributed by atoms with van der Waals surface area (Å²) >= 11 is 0. The van der Waals surface area contributed by atoms with Gasteiger partial charge in [-0.2, -0.15) is 4.98 Å². The number of allylic oxidation sites excluding steroid dienone is 1. The Morgan fingerprint density at radius 3 is 2.80 bits per heavy atom. The van der Waals surface area contributed by atoms with E-state index in [1.165, 1.54) is 37.0 Å². The van der Waals surface area contributed by atoms with Gasteiger partial charge in [-0.3, -0.25) is 5.32 Å². The van der Waals surface area contributed by atoms with Crippen LogP contribution in [0.2, 0.25) is 0 Å². The molecular weight excluding hydrogens is 312 g/mol. The molecule has 1 aromatic heterocycles. The number of nitrogens with zero attached hydrogens (tertiary/aromatic N) is 3. The Kier molecular flexibility index (Phi) is 3.47. The summed E-state index contributed by atoms with van der Waals surface area (Å²) < 4.78 is 5.80. The van der Waals surface area contributed by atoms with Gasteiger partial charge in [0.15, 0.2) is 5.58 Å². The second-order valence-corrected chi connectivity index (χ2v) is 7.21. The van der Waals surface area contributed by atoms with Gasteiger partial charge in [0.05, 0.1) is 5.54 Å². The van der Waals surface area contributed by atoms with Gasteiger partial charge in [-0.15, -0.1) is 0 Å². The maximum absolute atomic E-state index is 5.80. The Hall–Kier alpha value is -2.43. The third-order valence-corrected chi connectivity index (χ3v) is 5.53. The summed E-state index contributed by atoms with van der Waals surface area (Å²) in [5.74, 6) is 0.655. The number of guanidine groups is 1. The van der Waals surface area contributed by atoms with Crippen LogP contribution >= 0.6 is 0 Å². The molecule has 2 aliphatic carbocycles. The van der Waals surface area contributed by atoms with Gasteiger partial charge in [0.1, 0.15) is 5.52 Å². The van der Waals surface area contributed by atoms with Gasteiger partial charge in [-0.05, 0) is 49.8 Å². The Labute approximate surface area is 147 Å². The van der Waals surface area contributed by atoms with Crippen LogP contribution in [0.15, 0.2) is 50.3 Å². The van der Waals surface area contributed by atoms with Crippen LogP contribution in [0, 0.1) is 0 Å². The molecule has 0 bridgehead atoms. The van der Waals surface area contributed by atoms with E-state index in [-0.39, 0.29) is 5.54 Å². The third-order valence-electron chi connectivity index (χ3n) is 5.53. The average Bonchev–Trinajstić information content (AvgIpc) is 3.05. The lowest BCUT2D eigenvalue weighted by molar-refractivity contribution is 0.348. The Bertz CT molecular complexity index is 866. The number of aliphatic imine (C=N–C) groups is 2. The summed E-state index contributed by atoms with van der Waals surface area (Å²) in [6.07, 6.45) is 11.8. The topological polar surface area (TPSA) is 62.8 Å². The van der Waals surface area contributed by atoms with E-state index >= 15 is 0 Å². The highest BCUT2D eigenvalue weighted by Crippen LogP contribution is 2.42. The first-order valence-corrected chi connectivity index (χ1v) is 9.33. The molecule has 0 amide bonds. The molecule has 1 aromatic carbocycles. The molecule has 5 nitrogen and oxygen atoms in total. The van der Waals surface area contributed by atoms with E-state index in [1.54, 1.807) is 0 Å². The summed E-state index contributed by atoms with van der Waals surface area (Å²) in [4.78, 5) is 14.4. The van der Waals surface area contributed by atoms with Crippen LogP contribution in [0.4, 0.5) is 6.01 Å². The first kappa shape index (κ1) is 14.9. The number of hydrogen-bond donors (Lipinski definition) is 1. The van der Waals surface area contributed by atoms with E-state index in [4.69, 9.17) is 14.4 Å². The number of hydrogen-bond acceptors (Lipinski definition) is 5. The standard InChI is InChI=1S/C20H22N4O/c1-6-12-20(13-7-1)14-8-2-3-9-15(14)21-18(24-20)23-19-22-16-10-4-5-11-17(16)25-19/h4-5,8,10-11H,1-3,6-7,9,12-13H2,(H,22,23,24). The van der Waals surface area contributed by atoms with Crippen LogP contribution in [-0.4, -0.2) is 22.2 Å². The second kappa shape index (κ2) is 5.83. The van der Waals surface area contributed by atoms with Gasteiger partial charge in [-0.25, -0.2) is 9.98 Å². The highest BCUT2D eigenvalue weighted by Gasteiger charge is 2.41. The molecule has 25 heavy (non-hydrogen) atoms. The summed E-state index contributed by atoms with van der Waals surface area (Å²) in [6, 6.07) is 8.25. The van der Waals surface area contributed by atoms with Crippen molar-refractivity contribution < 1.29 is 4.42 Å². The minimum absolute atomic E-state index is 0.0793. The number of fused-ring (bicyclic) bond motifs is 3. The quantitative estimate of drug-likeness (QED) is 0.810. The molecule has 1 fully saturated rings. The Morgan fingerprint density at radius 1 is 1.04 bits per heavy atom. The van der Waals surface area contributed by atoms with Crippen LogP contribution in [-0.2, 0) is 0 Å². The molecule has 0 radical (unpaired) electrons. The number of anilines is 1. The molecule has 1 saturated carbocycles. The Balaban J connectivity index is 1.52. The number of oxazole rings is 1. The third kappa shape index (κ3) is 2.58. The fraction of sp³-hybridized carbons (Fsp3) is 0.450. The monoisotopic (exact) mass is 334 g/mol. The van der Waals surface area contributed by atoms with Crippen molar-refractivity contribution in [3.8, 4) is 0 Å². The van der Waals surface area contributed by atoms with E-state index < -0.39 is 0 Å². The average molecular weight is 334 g/mol. The van der Waals surface area contributed by atoms with Crippen molar-refractivity contribution in [2.24, 2.45) is 9.98 Å². The summed E-state index contributed by atoms with van der Waals surface area (Å²) in [6.45, 7) is 0. The van der Waals surface area contributed by atoms with Crippen molar-refractivity contribution in [2.45, 2.75) is 56.9 Å². The van der Waals surface area contributed by atoms with Crippen LogP contribution in [0.1, 0.15) is 51.4 Å². The molecule has 3 aliphatic rings. The molecule has 0 saturated heterocycles. The lowest BCUT2D eigenvalue weighted by Crippen LogP contribution is -2.41. The minimum atomic E-state index is -0.0793. The van der Waals surface area contributed by atoms with Crippen LogP contribution in [0.3, 0.4) is 0 Å². The Morgan fingerprint density at radius 2 is 1.92 bits per heavy atom. The largest absolute Gasteiger partial charge is 0.423 e. The van der Waals surface area contributed by atoms with Gasteiger partial charge >= 0.3 is 6.01 Å². The van der Waals surface area contributed by atoms with Crippen molar-refractivity contribution in [3.05, 3.63) is 35.9 Å². The van der Waals surface area contributed by atoms with Gasteiger partial charge in [0.2, 0.25) is 5.96 Å². The van der Waals surface area contributed by atoms with E-state index in [9.17, 15) is 0 Å². The first-order valence-electron chi connectivity index (χ1n) is 9.33. The maximum atomic E-state index is 5.80. The van der Waals surface area contributed by atoms with Crippen LogP contribution in [0.5, 0.6) is 0 Å². The molecular formula is C20H22N4O.